The van der Waals surface area contributed by atoms with Crippen LogP contribution >= 0.6 is 0 Å². The van der Waals surface area contributed by atoms with E-state index in [1.54, 1.807) is 19.1 Å². The van der Waals surface area contributed by atoms with Gasteiger partial charge in [0.1, 0.15) is 0 Å². The highest BCUT2D eigenvalue weighted by Crippen LogP contribution is 2.14. The molecule has 1 N–H and O–H groups in total. The summed E-state index contributed by atoms with van der Waals surface area (Å²) in [6.45, 7) is 12.2. The van der Waals surface area contributed by atoms with E-state index in [1.807, 2.05) is 11.8 Å². The Labute approximate surface area is 91.4 Å². The zero-order chi connectivity index (χ0) is 11.8. The highest BCUT2D eigenvalue weighted by Gasteiger charge is 2.12. The van der Waals surface area contributed by atoms with Crippen molar-refractivity contribution in [2.45, 2.75) is 20.3 Å². The maximum atomic E-state index is 10.9. The Balaban J connectivity index is 5.02. The van der Waals surface area contributed by atoms with Crippen molar-refractivity contribution in [1.82, 2.24) is 4.90 Å². The summed E-state index contributed by atoms with van der Waals surface area (Å²) in [4.78, 5) is 12.8. The number of aliphatic carboxylic acids is 1. The Hall–Kier alpha value is -1.51. The van der Waals surface area contributed by atoms with Crippen molar-refractivity contribution >= 4 is 5.97 Å². The van der Waals surface area contributed by atoms with Crippen molar-refractivity contribution < 1.29 is 9.90 Å². The maximum absolute atomic E-state index is 10.9. The lowest BCUT2D eigenvalue weighted by atomic mass is 10.1. The molecule has 0 fully saturated rings. The zero-order valence-electron chi connectivity index (χ0n) is 9.49. The molecule has 15 heavy (non-hydrogen) atoms. The maximum Gasteiger partial charge on any atom is 0.333 e. The van der Waals surface area contributed by atoms with E-state index in [-0.39, 0.29) is 0 Å². The molecule has 84 valence electrons. The van der Waals surface area contributed by atoms with Crippen LogP contribution in [0.1, 0.15) is 20.3 Å². The molecular formula is C12H19NO2. The summed E-state index contributed by atoms with van der Waals surface area (Å²) < 4.78 is 0. The van der Waals surface area contributed by atoms with Crippen LogP contribution < -0.4 is 0 Å². The highest BCUT2D eigenvalue weighted by atomic mass is 16.4. The van der Waals surface area contributed by atoms with Gasteiger partial charge in [0.25, 0.3) is 0 Å². The molecule has 0 atom stereocenters. The van der Waals surface area contributed by atoms with Crippen LogP contribution in [0.5, 0.6) is 0 Å². The molecule has 3 heteroatoms. The third kappa shape index (κ3) is 4.02. The fourth-order valence-electron chi connectivity index (χ4n) is 1.46. The largest absolute Gasteiger partial charge is 0.478 e. The van der Waals surface area contributed by atoms with E-state index in [2.05, 4.69) is 13.2 Å². The van der Waals surface area contributed by atoms with Gasteiger partial charge >= 0.3 is 5.97 Å². The first-order valence-corrected chi connectivity index (χ1v) is 4.98. The van der Waals surface area contributed by atoms with E-state index < -0.39 is 5.97 Å². The van der Waals surface area contributed by atoms with Crippen molar-refractivity contribution in [3.8, 4) is 0 Å². The Morgan fingerprint density at radius 1 is 1.33 bits per heavy atom. The number of allylic oxidation sites excluding steroid dienone is 1. The molecule has 0 saturated heterocycles. The summed E-state index contributed by atoms with van der Waals surface area (Å²) in [6.07, 6.45) is 4.21. The molecule has 0 amide bonds. The van der Waals surface area contributed by atoms with Gasteiger partial charge in [-0.1, -0.05) is 19.1 Å². The quantitative estimate of drug-likeness (QED) is 0.517. The molecular weight excluding hydrogens is 190 g/mol. The van der Waals surface area contributed by atoms with Crippen LogP contribution in [0.3, 0.4) is 0 Å². The van der Waals surface area contributed by atoms with Gasteiger partial charge < -0.3 is 10.0 Å². The first-order chi connectivity index (χ1) is 7.08. The smallest absolute Gasteiger partial charge is 0.333 e. The van der Waals surface area contributed by atoms with Crippen molar-refractivity contribution in [2.24, 2.45) is 0 Å². The Kier molecular flexibility index (Phi) is 6.18. The second kappa shape index (κ2) is 6.87. The fraction of sp³-hybridized carbons (Fsp3) is 0.417. The SMILES string of the molecule is C=CCN(CC=C)/C(CC)=C(\C)C(=O)O. The lowest BCUT2D eigenvalue weighted by Crippen LogP contribution is -2.25. The molecule has 0 bridgehead atoms. The molecule has 3 nitrogen and oxygen atoms in total. The molecule has 0 aliphatic carbocycles. The Morgan fingerprint density at radius 2 is 1.80 bits per heavy atom. The van der Waals surface area contributed by atoms with Crippen molar-refractivity contribution in [2.75, 3.05) is 13.1 Å². The number of carboxylic acids is 1. The Morgan fingerprint density at radius 3 is 2.07 bits per heavy atom. The molecule has 0 rings (SSSR count). The first-order valence-electron chi connectivity index (χ1n) is 4.98. The monoisotopic (exact) mass is 209 g/mol. The number of carboxylic acid groups (broad SMARTS) is 1. The Bertz CT molecular complexity index is 269. The molecule has 0 aliphatic rings. The molecule has 0 aromatic rings. The average molecular weight is 209 g/mol. The van der Waals surface area contributed by atoms with E-state index in [1.165, 1.54) is 0 Å². The molecule has 0 saturated carbocycles. The number of hydrogen-bond acceptors (Lipinski definition) is 2. The fourth-order valence-corrected chi connectivity index (χ4v) is 1.46. The van der Waals surface area contributed by atoms with Crippen LogP contribution in [0.25, 0.3) is 0 Å². The minimum absolute atomic E-state index is 0.390. The van der Waals surface area contributed by atoms with Crippen LogP contribution in [0.2, 0.25) is 0 Å². The van der Waals surface area contributed by atoms with Crippen LogP contribution in [-0.4, -0.2) is 29.1 Å². The van der Waals surface area contributed by atoms with E-state index in [0.717, 1.165) is 5.70 Å². The summed E-state index contributed by atoms with van der Waals surface area (Å²) >= 11 is 0. The van der Waals surface area contributed by atoms with Crippen LogP contribution in [0.15, 0.2) is 36.6 Å². The standard InChI is InChI=1S/C12H19NO2/c1-5-8-13(9-6-2)11(7-3)10(4)12(14)15/h5-6H,1-2,7-9H2,3-4H3,(H,14,15)/b11-10+. The van der Waals surface area contributed by atoms with Crippen molar-refractivity contribution in [3.63, 3.8) is 0 Å². The van der Waals surface area contributed by atoms with Gasteiger partial charge in [0, 0.05) is 18.8 Å². The first kappa shape index (κ1) is 13.5. The molecule has 0 unspecified atom stereocenters. The second-order valence-electron chi connectivity index (χ2n) is 3.21. The lowest BCUT2D eigenvalue weighted by Gasteiger charge is -2.25. The molecule has 0 aromatic heterocycles. The molecule has 0 heterocycles. The van der Waals surface area contributed by atoms with Gasteiger partial charge in [-0.15, -0.1) is 13.2 Å². The normalized spacial score (nSPS) is 11.6. The van der Waals surface area contributed by atoms with Crippen LogP contribution in [0.4, 0.5) is 0 Å². The van der Waals surface area contributed by atoms with Gasteiger partial charge in [-0.3, -0.25) is 0 Å². The minimum Gasteiger partial charge on any atom is -0.478 e. The third-order valence-corrected chi connectivity index (χ3v) is 2.17. The molecule has 0 spiro atoms. The number of nitrogens with zero attached hydrogens (tertiary/aromatic N) is 1. The molecule has 0 radical (unpaired) electrons. The van der Waals surface area contributed by atoms with Crippen molar-refractivity contribution in [1.29, 1.82) is 0 Å². The summed E-state index contributed by atoms with van der Waals surface area (Å²) in [7, 11) is 0. The van der Waals surface area contributed by atoms with Gasteiger partial charge in [-0.25, -0.2) is 4.79 Å². The summed E-state index contributed by atoms with van der Waals surface area (Å²) in [5.41, 5.74) is 1.23. The van der Waals surface area contributed by atoms with Gasteiger partial charge in [0.05, 0.1) is 5.57 Å². The van der Waals surface area contributed by atoms with Crippen LogP contribution in [0, 0.1) is 0 Å². The predicted molar refractivity (Wildman–Crippen MR) is 62.6 cm³/mol. The molecule has 0 aliphatic heterocycles. The lowest BCUT2D eigenvalue weighted by molar-refractivity contribution is -0.132. The van der Waals surface area contributed by atoms with E-state index >= 15 is 0 Å². The van der Waals surface area contributed by atoms with E-state index in [4.69, 9.17) is 5.11 Å². The number of hydrogen-bond donors (Lipinski definition) is 1. The van der Waals surface area contributed by atoms with Gasteiger partial charge in [-0.05, 0) is 13.3 Å². The van der Waals surface area contributed by atoms with Gasteiger partial charge in [-0.2, -0.15) is 0 Å². The third-order valence-electron chi connectivity index (χ3n) is 2.17. The van der Waals surface area contributed by atoms with E-state index in [0.29, 0.717) is 25.1 Å². The summed E-state index contributed by atoms with van der Waals surface area (Å²) in [6, 6.07) is 0. The average Bonchev–Trinajstić information content (AvgIpc) is 2.19. The number of rotatable bonds is 7. The number of carbonyl (C=O) groups is 1. The van der Waals surface area contributed by atoms with Crippen LogP contribution in [-0.2, 0) is 4.79 Å². The van der Waals surface area contributed by atoms with E-state index in [9.17, 15) is 4.79 Å². The minimum atomic E-state index is -0.870. The topological polar surface area (TPSA) is 40.5 Å². The summed E-state index contributed by atoms with van der Waals surface area (Å²) in [5.74, 6) is -0.870. The second-order valence-corrected chi connectivity index (χ2v) is 3.21. The summed E-state index contributed by atoms with van der Waals surface area (Å²) in [5, 5.41) is 8.93. The highest BCUT2D eigenvalue weighted by molar-refractivity contribution is 5.86. The molecule has 0 aromatic carbocycles. The zero-order valence-corrected chi connectivity index (χ0v) is 9.49. The van der Waals surface area contributed by atoms with Gasteiger partial charge in [0.2, 0.25) is 0 Å². The van der Waals surface area contributed by atoms with Gasteiger partial charge in [0.15, 0.2) is 0 Å². The van der Waals surface area contributed by atoms with Crippen molar-refractivity contribution in [3.05, 3.63) is 36.6 Å². The predicted octanol–water partition coefficient (Wildman–Crippen LogP) is 2.43.